The second-order valence-corrected chi connectivity index (χ2v) is 7.23. The van der Waals surface area contributed by atoms with Crippen molar-refractivity contribution in [1.29, 1.82) is 0 Å². The quantitative estimate of drug-likeness (QED) is 0.345. The number of rotatable bonds is 6. The third-order valence-electron chi connectivity index (χ3n) is 5.16. The van der Waals surface area contributed by atoms with Crippen molar-refractivity contribution in [1.82, 2.24) is 0 Å². The van der Waals surface area contributed by atoms with E-state index in [9.17, 15) is 0 Å². The monoisotopic (exact) mass is 402 g/mol. The Hall–Kier alpha value is -2.98. The number of pyridine rings is 1. The molecule has 0 amide bonds. The Balaban J connectivity index is 1.89. The highest BCUT2D eigenvalue weighted by atomic mass is 32.1. The molecule has 0 bridgehead atoms. The van der Waals surface area contributed by atoms with Gasteiger partial charge in [-0.1, -0.05) is 42.5 Å². The summed E-state index contributed by atoms with van der Waals surface area (Å²) in [6.45, 7) is 0.877. The van der Waals surface area contributed by atoms with Gasteiger partial charge in [0.15, 0.2) is 24.2 Å². The maximum absolute atomic E-state index is 5.71. The highest BCUT2D eigenvalue weighted by Gasteiger charge is 2.14. The molecule has 1 heterocycles. The molecular weight excluding hydrogens is 378 g/mol. The minimum atomic E-state index is 0.732. The summed E-state index contributed by atoms with van der Waals surface area (Å²) in [7, 11) is 3.35. The Morgan fingerprint density at radius 1 is 0.897 bits per heavy atom. The van der Waals surface area contributed by atoms with E-state index in [1.807, 2.05) is 18.2 Å². The summed E-state index contributed by atoms with van der Waals surface area (Å²) in [5.41, 5.74) is 3.37. The first kappa shape index (κ1) is 19.3. The zero-order chi connectivity index (χ0) is 20.2. The molecule has 0 fully saturated rings. The lowest BCUT2D eigenvalue weighted by atomic mass is 10.0. The minimum absolute atomic E-state index is 0.732. The van der Waals surface area contributed by atoms with Crippen molar-refractivity contribution in [3.63, 3.8) is 0 Å². The summed E-state index contributed by atoms with van der Waals surface area (Å²) in [4.78, 5) is 0. The van der Waals surface area contributed by atoms with Crippen LogP contribution >= 0.6 is 12.6 Å². The van der Waals surface area contributed by atoms with Crippen LogP contribution in [0.2, 0.25) is 0 Å². The Labute approximate surface area is 176 Å². The number of para-hydroxylation sites is 1. The van der Waals surface area contributed by atoms with Crippen LogP contribution in [0.4, 0.5) is 0 Å². The van der Waals surface area contributed by atoms with Gasteiger partial charge < -0.3 is 9.47 Å². The van der Waals surface area contributed by atoms with Crippen LogP contribution in [-0.4, -0.2) is 20.0 Å². The first-order valence-corrected chi connectivity index (χ1v) is 10.2. The van der Waals surface area contributed by atoms with Crippen molar-refractivity contribution in [2.75, 3.05) is 20.0 Å². The summed E-state index contributed by atoms with van der Waals surface area (Å²) in [6.07, 6.45) is 6.39. The summed E-state index contributed by atoms with van der Waals surface area (Å²) in [6, 6.07) is 20.9. The van der Waals surface area contributed by atoms with Crippen molar-refractivity contribution in [3.8, 4) is 11.5 Å². The fourth-order valence-corrected chi connectivity index (χ4v) is 4.00. The maximum atomic E-state index is 5.71. The molecule has 146 valence electrons. The van der Waals surface area contributed by atoms with E-state index >= 15 is 0 Å². The van der Waals surface area contributed by atoms with E-state index in [-0.39, 0.29) is 0 Å². The fourth-order valence-electron chi connectivity index (χ4n) is 3.79. The van der Waals surface area contributed by atoms with E-state index in [0.717, 1.165) is 45.7 Å². The number of aryl methyl sites for hydroxylation is 1. The number of benzene rings is 3. The molecule has 3 aromatic carbocycles. The Morgan fingerprint density at radius 2 is 1.66 bits per heavy atom. The average molecular weight is 403 g/mol. The third kappa shape index (κ3) is 3.68. The molecule has 0 N–H and O–H groups in total. The number of aromatic nitrogens is 1. The molecule has 0 aliphatic rings. The molecule has 0 saturated heterocycles. The smallest absolute Gasteiger partial charge is 0.213 e. The predicted octanol–water partition coefficient (Wildman–Crippen LogP) is 5.40. The fraction of sp³-hybridized carbons (Fsp3) is 0.160. The second kappa shape index (κ2) is 8.58. The Bertz CT molecular complexity index is 1200. The van der Waals surface area contributed by atoms with E-state index in [1.165, 1.54) is 10.9 Å². The number of fused-ring (bicyclic) bond motifs is 2. The van der Waals surface area contributed by atoms with Gasteiger partial charge in [-0.25, -0.2) is 0 Å². The standard InChI is InChI=1S/C25H23NO2S/c1-27-24-17-19-7-3-4-8-20(19)22(25(24)28-2)12-11-18-13-14-26(15-16-29)23-10-6-5-9-21(18)23/h3-14,17H,15-16H2,1-2H3/p+1/b12-11+. The van der Waals surface area contributed by atoms with Crippen molar-refractivity contribution in [2.45, 2.75) is 6.54 Å². The molecule has 4 aromatic rings. The molecule has 0 aliphatic heterocycles. The Morgan fingerprint density at radius 3 is 2.41 bits per heavy atom. The van der Waals surface area contributed by atoms with E-state index in [2.05, 4.69) is 78.0 Å². The van der Waals surface area contributed by atoms with Gasteiger partial charge in [0.2, 0.25) is 5.52 Å². The molecule has 0 radical (unpaired) electrons. The molecule has 4 heteroatoms. The zero-order valence-corrected chi connectivity index (χ0v) is 17.5. The van der Waals surface area contributed by atoms with Gasteiger partial charge in [-0.2, -0.15) is 17.2 Å². The zero-order valence-electron chi connectivity index (χ0n) is 16.6. The van der Waals surface area contributed by atoms with Crippen LogP contribution in [0.15, 0.2) is 66.9 Å². The number of hydrogen-bond donors (Lipinski definition) is 1. The lowest BCUT2D eigenvalue weighted by molar-refractivity contribution is -0.666. The average Bonchev–Trinajstić information content (AvgIpc) is 2.77. The van der Waals surface area contributed by atoms with E-state index in [4.69, 9.17) is 9.47 Å². The van der Waals surface area contributed by atoms with Crippen LogP contribution < -0.4 is 14.0 Å². The van der Waals surface area contributed by atoms with Gasteiger partial charge in [0.05, 0.1) is 19.6 Å². The number of nitrogens with zero attached hydrogens (tertiary/aromatic N) is 1. The maximum Gasteiger partial charge on any atom is 0.213 e. The first-order valence-electron chi connectivity index (χ1n) is 9.60. The second-order valence-electron chi connectivity index (χ2n) is 6.79. The van der Waals surface area contributed by atoms with Crippen LogP contribution in [0.1, 0.15) is 11.1 Å². The highest BCUT2D eigenvalue weighted by molar-refractivity contribution is 7.80. The van der Waals surface area contributed by atoms with Gasteiger partial charge in [0.1, 0.15) is 0 Å². The van der Waals surface area contributed by atoms with Crippen LogP contribution in [0.25, 0.3) is 33.8 Å². The summed E-state index contributed by atoms with van der Waals surface area (Å²) < 4.78 is 13.5. The molecule has 0 atom stereocenters. The van der Waals surface area contributed by atoms with Crippen molar-refractivity contribution >= 4 is 46.5 Å². The third-order valence-corrected chi connectivity index (χ3v) is 5.36. The van der Waals surface area contributed by atoms with Gasteiger partial charge >= 0.3 is 0 Å². The number of methoxy groups -OCH3 is 2. The molecule has 0 spiro atoms. The molecule has 0 unspecified atom stereocenters. The van der Waals surface area contributed by atoms with Crippen LogP contribution in [0.5, 0.6) is 11.5 Å². The Kier molecular flexibility index (Phi) is 5.72. The van der Waals surface area contributed by atoms with E-state index in [0.29, 0.717) is 0 Å². The summed E-state index contributed by atoms with van der Waals surface area (Å²) in [5, 5.41) is 3.46. The summed E-state index contributed by atoms with van der Waals surface area (Å²) in [5.74, 6) is 2.28. The lowest BCUT2D eigenvalue weighted by Gasteiger charge is -2.14. The van der Waals surface area contributed by atoms with Gasteiger partial charge in [-0.3, -0.25) is 0 Å². The predicted molar refractivity (Wildman–Crippen MR) is 124 cm³/mol. The van der Waals surface area contributed by atoms with Gasteiger partial charge in [-0.05, 0) is 34.5 Å². The minimum Gasteiger partial charge on any atom is -0.493 e. The van der Waals surface area contributed by atoms with E-state index < -0.39 is 0 Å². The normalized spacial score (nSPS) is 11.4. The summed E-state index contributed by atoms with van der Waals surface area (Å²) >= 11 is 4.39. The molecule has 0 saturated carbocycles. The van der Waals surface area contributed by atoms with Gasteiger partial charge in [-0.15, -0.1) is 0 Å². The largest absolute Gasteiger partial charge is 0.493 e. The van der Waals surface area contributed by atoms with Crippen molar-refractivity contribution < 1.29 is 14.0 Å². The van der Waals surface area contributed by atoms with Crippen molar-refractivity contribution in [3.05, 3.63) is 78.0 Å². The molecule has 3 nitrogen and oxygen atoms in total. The SMILES string of the molecule is COc1cc2ccccc2c(/C=C/c2cc[n+](CCS)c3ccccc23)c1OC. The topological polar surface area (TPSA) is 22.3 Å². The number of hydrogen-bond acceptors (Lipinski definition) is 3. The molecule has 0 aliphatic carbocycles. The van der Waals surface area contributed by atoms with Crippen LogP contribution in [-0.2, 0) is 6.54 Å². The van der Waals surface area contributed by atoms with Gasteiger partial charge in [0, 0.05) is 23.4 Å². The van der Waals surface area contributed by atoms with Crippen LogP contribution in [0, 0.1) is 0 Å². The van der Waals surface area contributed by atoms with Crippen molar-refractivity contribution in [2.24, 2.45) is 0 Å². The lowest BCUT2D eigenvalue weighted by Crippen LogP contribution is -2.35. The first-order chi connectivity index (χ1) is 14.3. The molecular formula is C25H24NO2S+. The molecule has 4 rings (SSSR count). The number of thiol groups is 1. The molecule has 1 aromatic heterocycles. The van der Waals surface area contributed by atoms with Crippen LogP contribution in [0.3, 0.4) is 0 Å². The molecule has 29 heavy (non-hydrogen) atoms. The van der Waals surface area contributed by atoms with Gasteiger partial charge in [0.25, 0.3) is 0 Å². The number of ether oxygens (including phenoxy) is 2. The highest BCUT2D eigenvalue weighted by Crippen LogP contribution is 2.38. The van der Waals surface area contributed by atoms with E-state index in [1.54, 1.807) is 14.2 Å².